The Bertz CT molecular complexity index is 1030. The van der Waals surface area contributed by atoms with E-state index in [0.29, 0.717) is 13.0 Å². The molecule has 0 saturated carbocycles. The average molecular weight is 466 g/mol. The SMILES string of the molecule is CC(C)N1C(=O)c2ccc(C(=O)N3CCCCC3CNC(=O)OC(C)(C)C)cc2S1(=O)=O. The van der Waals surface area contributed by atoms with Gasteiger partial charge in [0.25, 0.3) is 21.8 Å². The highest BCUT2D eigenvalue weighted by Crippen LogP contribution is 2.33. The molecule has 1 fully saturated rings. The molecule has 1 unspecified atom stereocenters. The van der Waals surface area contributed by atoms with Gasteiger partial charge in [0, 0.05) is 30.7 Å². The Hall–Kier alpha value is -2.62. The van der Waals surface area contributed by atoms with E-state index in [-0.39, 0.29) is 34.5 Å². The molecule has 0 aliphatic carbocycles. The number of amides is 3. The molecule has 1 saturated heterocycles. The zero-order chi connectivity index (χ0) is 23.8. The number of piperidine rings is 1. The summed E-state index contributed by atoms with van der Waals surface area (Å²) in [7, 11) is -3.99. The highest BCUT2D eigenvalue weighted by atomic mass is 32.2. The zero-order valence-corrected chi connectivity index (χ0v) is 20.0. The molecule has 10 heteroatoms. The van der Waals surface area contributed by atoms with Crippen molar-refractivity contribution >= 4 is 27.9 Å². The summed E-state index contributed by atoms with van der Waals surface area (Å²) in [5, 5.41) is 2.72. The second-order valence-corrected chi connectivity index (χ2v) is 11.2. The largest absolute Gasteiger partial charge is 0.444 e. The van der Waals surface area contributed by atoms with Gasteiger partial charge >= 0.3 is 6.09 Å². The third-order valence-electron chi connectivity index (χ3n) is 5.43. The molecule has 0 bridgehead atoms. The first-order valence-corrected chi connectivity index (χ1v) is 12.3. The van der Waals surface area contributed by atoms with E-state index < -0.39 is 33.7 Å². The van der Waals surface area contributed by atoms with Gasteiger partial charge < -0.3 is 15.0 Å². The Morgan fingerprint density at radius 3 is 2.53 bits per heavy atom. The van der Waals surface area contributed by atoms with Gasteiger partial charge in [0.1, 0.15) is 10.5 Å². The van der Waals surface area contributed by atoms with Crippen LogP contribution < -0.4 is 5.32 Å². The van der Waals surface area contributed by atoms with Gasteiger partial charge in [-0.3, -0.25) is 9.59 Å². The monoisotopic (exact) mass is 465 g/mol. The van der Waals surface area contributed by atoms with Crippen LogP contribution in [0.4, 0.5) is 4.79 Å². The quantitative estimate of drug-likeness (QED) is 0.732. The van der Waals surface area contributed by atoms with Crippen molar-refractivity contribution in [2.24, 2.45) is 0 Å². The zero-order valence-electron chi connectivity index (χ0n) is 19.2. The first-order chi connectivity index (χ1) is 14.8. The summed E-state index contributed by atoms with van der Waals surface area (Å²) in [5.74, 6) is -0.902. The van der Waals surface area contributed by atoms with Crippen molar-refractivity contribution < 1.29 is 27.5 Å². The van der Waals surface area contributed by atoms with Gasteiger partial charge in [-0.15, -0.1) is 0 Å². The van der Waals surface area contributed by atoms with Crippen LogP contribution in [0, 0.1) is 0 Å². The Balaban J connectivity index is 1.80. The fraction of sp³-hybridized carbons (Fsp3) is 0.591. The summed E-state index contributed by atoms with van der Waals surface area (Å²) in [4.78, 5) is 39.4. The molecule has 3 amide bonds. The molecule has 2 aliphatic heterocycles. The highest BCUT2D eigenvalue weighted by molar-refractivity contribution is 7.90. The maximum Gasteiger partial charge on any atom is 0.407 e. The van der Waals surface area contributed by atoms with Crippen molar-refractivity contribution in [3.63, 3.8) is 0 Å². The summed E-state index contributed by atoms with van der Waals surface area (Å²) < 4.78 is 31.8. The first kappa shape index (κ1) is 24.0. The molecule has 2 aliphatic rings. The molecule has 176 valence electrons. The van der Waals surface area contributed by atoms with Crippen molar-refractivity contribution in [1.82, 2.24) is 14.5 Å². The number of rotatable bonds is 4. The molecule has 1 aromatic carbocycles. The Labute approximate surface area is 189 Å². The molecule has 3 rings (SSSR count). The van der Waals surface area contributed by atoms with Gasteiger partial charge in [-0.1, -0.05) is 0 Å². The van der Waals surface area contributed by atoms with Crippen LogP contribution in [0.5, 0.6) is 0 Å². The number of fused-ring (bicyclic) bond motifs is 1. The van der Waals surface area contributed by atoms with E-state index in [1.807, 2.05) is 0 Å². The first-order valence-electron chi connectivity index (χ1n) is 10.8. The van der Waals surface area contributed by atoms with Crippen LogP contribution in [0.1, 0.15) is 74.6 Å². The predicted octanol–water partition coefficient (Wildman–Crippen LogP) is 2.76. The van der Waals surface area contributed by atoms with Gasteiger partial charge in [0.15, 0.2) is 0 Å². The second kappa shape index (κ2) is 8.73. The number of alkyl carbamates (subject to hydrolysis) is 1. The van der Waals surface area contributed by atoms with E-state index in [4.69, 9.17) is 4.74 Å². The van der Waals surface area contributed by atoms with Crippen LogP contribution in [0.25, 0.3) is 0 Å². The van der Waals surface area contributed by atoms with Gasteiger partial charge in [0.2, 0.25) is 0 Å². The number of carbonyl (C=O) groups excluding carboxylic acids is 3. The van der Waals surface area contributed by atoms with Crippen LogP contribution in [-0.2, 0) is 14.8 Å². The molecule has 1 aromatic rings. The molecule has 32 heavy (non-hydrogen) atoms. The van der Waals surface area contributed by atoms with E-state index in [1.54, 1.807) is 39.5 Å². The predicted molar refractivity (Wildman–Crippen MR) is 118 cm³/mol. The van der Waals surface area contributed by atoms with Gasteiger partial charge in [-0.25, -0.2) is 17.5 Å². The van der Waals surface area contributed by atoms with E-state index in [2.05, 4.69) is 5.32 Å². The second-order valence-electron chi connectivity index (χ2n) is 9.44. The van der Waals surface area contributed by atoms with Gasteiger partial charge in [0.05, 0.1) is 5.56 Å². The number of likely N-dealkylation sites (tertiary alicyclic amines) is 1. The van der Waals surface area contributed by atoms with Gasteiger partial charge in [-0.05, 0) is 72.1 Å². The lowest BCUT2D eigenvalue weighted by Crippen LogP contribution is -2.50. The van der Waals surface area contributed by atoms with E-state index in [9.17, 15) is 22.8 Å². The fourth-order valence-corrected chi connectivity index (χ4v) is 5.85. The number of nitrogens with zero attached hydrogens (tertiary/aromatic N) is 2. The van der Waals surface area contributed by atoms with E-state index in [1.165, 1.54) is 18.2 Å². The number of hydrogen-bond donors (Lipinski definition) is 1. The van der Waals surface area contributed by atoms with Crippen LogP contribution in [0.2, 0.25) is 0 Å². The minimum absolute atomic E-state index is 0.0806. The van der Waals surface area contributed by atoms with Crippen LogP contribution >= 0.6 is 0 Å². The lowest BCUT2D eigenvalue weighted by Gasteiger charge is -2.36. The Kier molecular flexibility index (Phi) is 6.55. The van der Waals surface area contributed by atoms with Crippen LogP contribution in [0.3, 0.4) is 0 Å². The topological polar surface area (TPSA) is 113 Å². The summed E-state index contributed by atoms with van der Waals surface area (Å²) in [6.45, 7) is 9.32. The summed E-state index contributed by atoms with van der Waals surface area (Å²) in [6, 6.07) is 3.43. The molecule has 9 nitrogen and oxygen atoms in total. The lowest BCUT2D eigenvalue weighted by molar-refractivity contribution is 0.0462. The third kappa shape index (κ3) is 4.74. The number of hydrogen-bond acceptors (Lipinski definition) is 6. The Morgan fingerprint density at radius 1 is 1.22 bits per heavy atom. The minimum atomic E-state index is -3.99. The molecule has 1 N–H and O–H groups in total. The standard InChI is InChI=1S/C22H31N3O6S/c1-14(2)25-20(27)17-10-9-15(12-18(17)32(25,29)30)19(26)24-11-7-6-8-16(24)13-23-21(28)31-22(3,4)5/h9-10,12,14,16H,6-8,11,13H2,1-5H3,(H,23,28). The third-order valence-corrected chi connectivity index (χ3v) is 7.43. The number of ether oxygens (including phenoxy) is 1. The van der Waals surface area contributed by atoms with Crippen molar-refractivity contribution in [3.8, 4) is 0 Å². The van der Waals surface area contributed by atoms with Crippen molar-refractivity contribution in [2.45, 2.75) is 76.5 Å². The fourth-order valence-electron chi connectivity index (χ4n) is 4.05. The van der Waals surface area contributed by atoms with Crippen molar-refractivity contribution in [3.05, 3.63) is 29.3 Å². The average Bonchev–Trinajstić information content (AvgIpc) is 2.90. The summed E-state index contributed by atoms with van der Waals surface area (Å²) in [6.07, 6.45) is 1.90. The van der Waals surface area contributed by atoms with E-state index >= 15 is 0 Å². The molecule has 1 atom stereocenters. The molecular weight excluding hydrogens is 434 g/mol. The molecule has 0 aromatic heterocycles. The van der Waals surface area contributed by atoms with Crippen molar-refractivity contribution in [1.29, 1.82) is 0 Å². The van der Waals surface area contributed by atoms with Crippen LogP contribution in [0.15, 0.2) is 23.1 Å². The highest BCUT2D eigenvalue weighted by Gasteiger charge is 2.43. The summed E-state index contributed by atoms with van der Waals surface area (Å²) >= 11 is 0. The summed E-state index contributed by atoms with van der Waals surface area (Å²) in [5.41, 5.74) is -0.337. The maximum atomic E-state index is 13.3. The van der Waals surface area contributed by atoms with Gasteiger partial charge in [-0.2, -0.15) is 0 Å². The molecule has 0 spiro atoms. The molecule has 2 heterocycles. The van der Waals surface area contributed by atoms with Crippen molar-refractivity contribution in [2.75, 3.05) is 13.1 Å². The number of benzene rings is 1. The molecular formula is C22H31N3O6S. The smallest absolute Gasteiger partial charge is 0.407 e. The Morgan fingerprint density at radius 2 is 1.91 bits per heavy atom. The number of sulfonamides is 1. The maximum absolute atomic E-state index is 13.3. The van der Waals surface area contributed by atoms with E-state index in [0.717, 1.165) is 17.1 Å². The van der Waals surface area contributed by atoms with Crippen LogP contribution in [-0.4, -0.2) is 66.3 Å². The number of nitrogens with one attached hydrogen (secondary N) is 1. The minimum Gasteiger partial charge on any atom is -0.444 e. The normalized spacial score (nSPS) is 20.3. The number of carbonyl (C=O) groups is 3. The molecule has 0 radical (unpaired) electrons. The lowest BCUT2D eigenvalue weighted by atomic mass is 10.00.